The van der Waals surface area contributed by atoms with E-state index in [-0.39, 0.29) is 12.6 Å². The molecule has 0 aliphatic carbocycles. The quantitative estimate of drug-likeness (QED) is 0.438. The Kier molecular flexibility index (Phi) is 6.52. The van der Waals surface area contributed by atoms with Crippen LogP contribution in [0.2, 0.25) is 0 Å². The lowest BCUT2D eigenvalue weighted by atomic mass is 10.1. The van der Waals surface area contributed by atoms with Gasteiger partial charge in [0.1, 0.15) is 11.4 Å². The molecule has 2 rings (SSSR count). The van der Waals surface area contributed by atoms with Gasteiger partial charge < -0.3 is 20.6 Å². The van der Waals surface area contributed by atoms with Crippen LogP contribution in [0.1, 0.15) is 12.0 Å². The smallest absolute Gasteiger partial charge is 0.253 e. The van der Waals surface area contributed by atoms with E-state index in [0.717, 1.165) is 18.5 Å². The Morgan fingerprint density at radius 3 is 2.38 bits per heavy atom. The van der Waals surface area contributed by atoms with Crippen LogP contribution in [-0.2, 0) is 6.42 Å². The van der Waals surface area contributed by atoms with E-state index in [1.807, 2.05) is 44.4 Å². The van der Waals surface area contributed by atoms with Crippen molar-refractivity contribution >= 4 is 11.4 Å². The molecule has 0 saturated heterocycles. The first-order chi connectivity index (χ1) is 11.5. The lowest BCUT2D eigenvalue weighted by molar-refractivity contribution is 0.273. The van der Waals surface area contributed by atoms with Crippen LogP contribution in [0.4, 0.5) is 11.4 Å². The third-order valence-corrected chi connectivity index (χ3v) is 3.89. The average Bonchev–Trinajstić information content (AvgIpc) is 2.59. The first-order valence-electron chi connectivity index (χ1n) is 8.16. The zero-order valence-corrected chi connectivity index (χ0v) is 14.2. The molecule has 0 radical (unpaired) electrons. The van der Waals surface area contributed by atoms with E-state index in [1.165, 1.54) is 0 Å². The van der Waals surface area contributed by atoms with Gasteiger partial charge in [-0.3, -0.25) is 9.59 Å². The summed E-state index contributed by atoms with van der Waals surface area (Å²) >= 11 is 0. The van der Waals surface area contributed by atoms with E-state index in [2.05, 4.69) is 15.5 Å². The molecule has 2 aromatic carbocycles. The average molecular weight is 331 g/mol. The van der Waals surface area contributed by atoms with Crippen molar-refractivity contribution in [2.45, 2.75) is 18.9 Å². The van der Waals surface area contributed by atoms with E-state index in [4.69, 9.17) is 0 Å². The van der Waals surface area contributed by atoms with E-state index in [1.54, 1.807) is 0 Å². The normalized spacial score (nSPS) is 12.5. The van der Waals surface area contributed by atoms with Crippen molar-refractivity contribution in [1.29, 1.82) is 0 Å². The molecule has 6 heteroatoms. The molecule has 0 fully saturated rings. The van der Waals surface area contributed by atoms with Crippen molar-refractivity contribution < 1.29 is 5.11 Å². The standard InChI is InChI=1S/C18H25N3O3/c1-21(2)10-6-9-19-15-16(18(24)17(15)23)20-14(12-22)11-13-7-4-3-5-8-13/h3-5,7-8,14,19-20,22H,6,9-12H2,1-2H3/t14-/m1/s1. The fraction of sp³-hybridized carbons (Fsp3) is 0.444. The van der Waals surface area contributed by atoms with E-state index in [0.29, 0.717) is 24.3 Å². The van der Waals surface area contributed by atoms with Crippen LogP contribution in [0.25, 0.3) is 0 Å². The molecule has 0 heterocycles. The number of hydrogen-bond donors (Lipinski definition) is 3. The minimum absolute atomic E-state index is 0.117. The SMILES string of the molecule is CN(C)CCCNc1c(N[C@@H](CO)Cc2ccccc2)c(=O)c1=O. The summed E-state index contributed by atoms with van der Waals surface area (Å²) in [6, 6.07) is 9.41. The van der Waals surface area contributed by atoms with Crippen LogP contribution in [0, 0.1) is 0 Å². The number of aliphatic hydroxyl groups excluding tert-OH is 1. The highest BCUT2D eigenvalue weighted by molar-refractivity contribution is 5.74. The van der Waals surface area contributed by atoms with Crippen molar-refractivity contribution in [1.82, 2.24) is 4.90 Å². The van der Waals surface area contributed by atoms with Gasteiger partial charge in [-0.15, -0.1) is 0 Å². The number of nitrogens with zero attached hydrogens (tertiary/aromatic N) is 1. The van der Waals surface area contributed by atoms with Crippen molar-refractivity contribution in [3.8, 4) is 0 Å². The largest absolute Gasteiger partial charge is 0.394 e. The summed E-state index contributed by atoms with van der Waals surface area (Å²) in [4.78, 5) is 25.6. The molecule has 0 aliphatic rings. The molecule has 24 heavy (non-hydrogen) atoms. The molecule has 130 valence electrons. The van der Waals surface area contributed by atoms with Crippen LogP contribution in [0.3, 0.4) is 0 Å². The van der Waals surface area contributed by atoms with Gasteiger partial charge in [0.15, 0.2) is 0 Å². The molecule has 0 aromatic heterocycles. The summed E-state index contributed by atoms with van der Waals surface area (Å²) in [5.41, 5.74) is 0.684. The van der Waals surface area contributed by atoms with E-state index >= 15 is 0 Å². The van der Waals surface area contributed by atoms with Crippen molar-refractivity contribution in [2.24, 2.45) is 0 Å². The van der Waals surface area contributed by atoms with Crippen LogP contribution < -0.4 is 21.5 Å². The van der Waals surface area contributed by atoms with Gasteiger partial charge in [0.05, 0.1) is 12.6 Å². The molecule has 0 bridgehead atoms. The highest BCUT2D eigenvalue weighted by Gasteiger charge is 2.23. The number of rotatable bonds is 10. The molecule has 0 saturated carbocycles. The molecular weight excluding hydrogens is 306 g/mol. The lowest BCUT2D eigenvalue weighted by Crippen LogP contribution is -2.41. The zero-order valence-electron chi connectivity index (χ0n) is 14.2. The second-order valence-electron chi connectivity index (χ2n) is 6.21. The molecule has 0 amide bonds. The summed E-state index contributed by atoms with van der Waals surface area (Å²) < 4.78 is 0. The zero-order chi connectivity index (χ0) is 17.5. The molecular formula is C18H25N3O3. The van der Waals surface area contributed by atoms with Crippen molar-refractivity contribution in [3.63, 3.8) is 0 Å². The second kappa shape index (κ2) is 8.61. The van der Waals surface area contributed by atoms with Gasteiger partial charge in [-0.25, -0.2) is 0 Å². The monoisotopic (exact) mass is 331 g/mol. The minimum Gasteiger partial charge on any atom is -0.394 e. The number of anilines is 2. The number of benzene rings is 1. The number of aliphatic hydroxyl groups is 1. The topological polar surface area (TPSA) is 81.7 Å². The fourth-order valence-corrected chi connectivity index (χ4v) is 2.57. The van der Waals surface area contributed by atoms with Gasteiger partial charge in [-0.2, -0.15) is 0 Å². The van der Waals surface area contributed by atoms with Crippen LogP contribution >= 0.6 is 0 Å². The predicted octanol–water partition coefficient (Wildman–Crippen LogP) is 0.662. The molecule has 3 N–H and O–H groups in total. The molecule has 6 nitrogen and oxygen atoms in total. The Bertz CT molecular complexity index is 706. The summed E-state index contributed by atoms with van der Waals surface area (Å²) in [6.45, 7) is 1.41. The van der Waals surface area contributed by atoms with Gasteiger partial charge in [0.25, 0.3) is 10.9 Å². The maximum Gasteiger partial charge on any atom is 0.253 e. The number of nitrogens with one attached hydrogen (secondary N) is 2. The molecule has 0 spiro atoms. The van der Waals surface area contributed by atoms with Crippen molar-refractivity contribution in [3.05, 3.63) is 56.3 Å². The highest BCUT2D eigenvalue weighted by Crippen LogP contribution is 2.17. The molecule has 2 aromatic rings. The van der Waals surface area contributed by atoms with Crippen LogP contribution in [0.15, 0.2) is 39.9 Å². The Hall–Kier alpha value is -2.18. The molecule has 1 atom stereocenters. The van der Waals surface area contributed by atoms with Crippen LogP contribution in [-0.4, -0.2) is 49.8 Å². The summed E-state index contributed by atoms with van der Waals surface area (Å²) in [5, 5.41) is 15.6. The third kappa shape index (κ3) is 4.66. The third-order valence-electron chi connectivity index (χ3n) is 3.89. The highest BCUT2D eigenvalue weighted by atomic mass is 16.3. The minimum atomic E-state index is -0.517. The Balaban J connectivity index is 1.97. The second-order valence-corrected chi connectivity index (χ2v) is 6.21. The van der Waals surface area contributed by atoms with E-state index in [9.17, 15) is 14.7 Å². The summed E-state index contributed by atoms with van der Waals surface area (Å²) in [6.07, 6.45) is 1.45. The Morgan fingerprint density at radius 2 is 1.75 bits per heavy atom. The summed E-state index contributed by atoms with van der Waals surface area (Å²) in [7, 11) is 3.97. The predicted molar refractivity (Wildman–Crippen MR) is 97.7 cm³/mol. The maximum absolute atomic E-state index is 11.8. The fourth-order valence-electron chi connectivity index (χ4n) is 2.57. The first kappa shape index (κ1) is 18.2. The maximum atomic E-state index is 11.8. The molecule has 0 unspecified atom stereocenters. The van der Waals surface area contributed by atoms with E-state index < -0.39 is 10.9 Å². The van der Waals surface area contributed by atoms with Gasteiger partial charge in [0, 0.05) is 6.54 Å². The van der Waals surface area contributed by atoms with Gasteiger partial charge in [-0.1, -0.05) is 30.3 Å². The van der Waals surface area contributed by atoms with Crippen LogP contribution in [0.5, 0.6) is 0 Å². The van der Waals surface area contributed by atoms with Gasteiger partial charge >= 0.3 is 0 Å². The summed E-state index contributed by atoms with van der Waals surface area (Å²) in [5.74, 6) is 0. The Morgan fingerprint density at radius 1 is 1.08 bits per heavy atom. The van der Waals surface area contributed by atoms with Gasteiger partial charge in [-0.05, 0) is 39.0 Å². The lowest BCUT2D eigenvalue weighted by Gasteiger charge is -2.21. The van der Waals surface area contributed by atoms with Crippen molar-refractivity contribution in [2.75, 3.05) is 44.4 Å². The van der Waals surface area contributed by atoms with Gasteiger partial charge in [0.2, 0.25) is 0 Å². The Labute approximate surface area is 141 Å². The molecule has 0 aliphatic heterocycles. The first-order valence-corrected chi connectivity index (χ1v) is 8.16. The number of hydrogen-bond acceptors (Lipinski definition) is 6.